The maximum absolute atomic E-state index is 3.78. The van der Waals surface area contributed by atoms with Crippen LogP contribution < -0.4 is 5.32 Å². The minimum atomic E-state index is 0.797. The van der Waals surface area contributed by atoms with Gasteiger partial charge in [-0.05, 0) is 38.1 Å². The van der Waals surface area contributed by atoms with E-state index in [-0.39, 0.29) is 0 Å². The van der Waals surface area contributed by atoms with Gasteiger partial charge in [0.15, 0.2) is 0 Å². The van der Waals surface area contributed by atoms with E-state index in [0.717, 1.165) is 18.0 Å². The summed E-state index contributed by atoms with van der Waals surface area (Å²) in [5.74, 6) is 0.937. The molecule has 2 nitrogen and oxygen atoms in total. The van der Waals surface area contributed by atoms with Crippen molar-refractivity contribution in [1.82, 2.24) is 10.2 Å². The minimum absolute atomic E-state index is 0.797. The zero-order chi connectivity index (χ0) is 12.1. The van der Waals surface area contributed by atoms with E-state index >= 15 is 0 Å². The van der Waals surface area contributed by atoms with Crippen LogP contribution >= 0.6 is 0 Å². The third kappa shape index (κ3) is 3.96. The van der Waals surface area contributed by atoms with Crippen LogP contribution in [0.4, 0.5) is 0 Å². The average molecular weight is 238 g/mol. The monoisotopic (exact) mass is 238 g/mol. The van der Waals surface area contributed by atoms with Crippen molar-refractivity contribution in [3.63, 3.8) is 0 Å². The van der Waals surface area contributed by atoms with E-state index in [2.05, 4.69) is 24.1 Å². The molecular weight excluding hydrogens is 208 g/mol. The number of rotatable bonds is 6. The number of likely N-dealkylation sites (tertiary alicyclic amines) is 1. The van der Waals surface area contributed by atoms with Crippen LogP contribution in [0.15, 0.2) is 0 Å². The van der Waals surface area contributed by atoms with Crippen molar-refractivity contribution in [1.29, 1.82) is 0 Å². The Morgan fingerprint density at radius 3 is 2.76 bits per heavy atom. The summed E-state index contributed by atoms with van der Waals surface area (Å²) >= 11 is 0. The summed E-state index contributed by atoms with van der Waals surface area (Å²) in [7, 11) is 0. The highest BCUT2D eigenvalue weighted by Crippen LogP contribution is 2.22. The fourth-order valence-corrected chi connectivity index (χ4v) is 3.46. The molecule has 3 atom stereocenters. The molecule has 17 heavy (non-hydrogen) atoms. The van der Waals surface area contributed by atoms with Crippen LogP contribution in [0.5, 0.6) is 0 Å². The number of nitrogens with zero attached hydrogens (tertiary/aromatic N) is 1. The Morgan fingerprint density at radius 2 is 2.00 bits per heavy atom. The zero-order valence-electron chi connectivity index (χ0n) is 11.8. The molecule has 0 aromatic rings. The Labute approximate surface area is 107 Å². The van der Waals surface area contributed by atoms with Crippen LogP contribution in [0.3, 0.4) is 0 Å². The molecule has 2 aliphatic rings. The fourth-order valence-electron chi connectivity index (χ4n) is 3.46. The number of hydrogen-bond acceptors (Lipinski definition) is 2. The highest BCUT2D eigenvalue weighted by molar-refractivity contribution is 4.89. The van der Waals surface area contributed by atoms with Gasteiger partial charge in [0.25, 0.3) is 0 Å². The van der Waals surface area contributed by atoms with Gasteiger partial charge in [0.2, 0.25) is 0 Å². The van der Waals surface area contributed by atoms with Gasteiger partial charge in [0, 0.05) is 25.2 Å². The quantitative estimate of drug-likeness (QED) is 0.765. The van der Waals surface area contributed by atoms with Gasteiger partial charge in [-0.25, -0.2) is 0 Å². The minimum Gasteiger partial charge on any atom is -0.310 e. The summed E-state index contributed by atoms with van der Waals surface area (Å²) in [4.78, 5) is 2.74. The van der Waals surface area contributed by atoms with Crippen molar-refractivity contribution in [2.45, 2.75) is 70.9 Å². The smallest absolute Gasteiger partial charge is 0.0198 e. The van der Waals surface area contributed by atoms with Crippen LogP contribution in [0.25, 0.3) is 0 Å². The lowest BCUT2D eigenvalue weighted by atomic mass is 9.98. The van der Waals surface area contributed by atoms with E-state index in [1.807, 2.05) is 0 Å². The lowest BCUT2D eigenvalue weighted by Crippen LogP contribution is -2.37. The first-order chi connectivity index (χ1) is 8.31. The van der Waals surface area contributed by atoms with Gasteiger partial charge in [0.1, 0.15) is 0 Å². The SMILES string of the molecule is CCCCC(CC)CN1CCC2CCC(C1)N2. The molecule has 2 bridgehead atoms. The van der Waals surface area contributed by atoms with Gasteiger partial charge in [-0.15, -0.1) is 0 Å². The summed E-state index contributed by atoms with van der Waals surface area (Å²) in [6.45, 7) is 8.65. The van der Waals surface area contributed by atoms with Gasteiger partial charge >= 0.3 is 0 Å². The molecule has 2 aliphatic heterocycles. The second-order valence-corrected chi connectivity index (χ2v) is 6.10. The van der Waals surface area contributed by atoms with Crippen molar-refractivity contribution in [2.75, 3.05) is 19.6 Å². The zero-order valence-corrected chi connectivity index (χ0v) is 11.8. The number of unbranched alkanes of at least 4 members (excludes halogenated alkanes) is 1. The fraction of sp³-hybridized carbons (Fsp3) is 1.00. The summed E-state index contributed by atoms with van der Waals surface area (Å²) in [6, 6.07) is 1.63. The highest BCUT2D eigenvalue weighted by atomic mass is 15.2. The first kappa shape index (κ1) is 13.4. The molecule has 0 radical (unpaired) electrons. The third-order valence-electron chi connectivity index (χ3n) is 4.67. The normalized spacial score (nSPS) is 31.4. The van der Waals surface area contributed by atoms with Crippen LogP contribution in [0.1, 0.15) is 58.8 Å². The van der Waals surface area contributed by atoms with E-state index in [1.165, 1.54) is 64.6 Å². The molecule has 2 fully saturated rings. The van der Waals surface area contributed by atoms with Crippen molar-refractivity contribution in [3.8, 4) is 0 Å². The van der Waals surface area contributed by atoms with Gasteiger partial charge in [-0.1, -0.05) is 33.1 Å². The molecule has 0 aromatic carbocycles. The van der Waals surface area contributed by atoms with Crippen molar-refractivity contribution >= 4 is 0 Å². The summed E-state index contributed by atoms with van der Waals surface area (Å²) in [6.07, 6.45) is 9.77. The molecule has 0 amide bonds. The summed E-state index contributed by atoms with van der Waals surface area (Å²) < 4.78 is 0. The van der Waals surface area contributed by atoms with Crippen LogP contribution in [-0.4, -0.2) is 36.6 Å². The van der Waals surface area contributed by atoms with Crippen molar-refractivity contribution < 1.29 is 0 Å². The summed E-state index contributed by atoms with van der Waals surface area (Å²) in [5, 5.41) is 3.78. The lowest BCUT2D eigenvalue weighted by Gasteiger charge is -2.28. The molecule has 0 saturated carbocycles. The van der Waals surface area contributed by atoms with Crippen LogP contribution in [-0.2, 0) is 0 Å². The highest BCUT2D eigenvalue weighted by Gasteiger charge is 2.29. The summed E-state index contributed by atoms with van der Waals surface area (Å²) in [5.41, 5.74) is 0. The molecule has 2 heteroatoms. The van der Waals surface area contributed by atoms with Gasteiger partial charge in [0.05, 0.1) is 0 Å². The second kappa shape index (κ2) is 6.75. The first-order valence-electron chi connectivity index (χ1n) is 7.80. The van der Waals surface area contributed by atoms with Gasteiger partial charge < -0.3 is 10.2 Å². The van der Waals surface area contributed by atoms with E-state index in [1.54, 1.807) is 0 Å². The second-order valence-electron chi connectivity index (χ2n) is 6.10. The number of hydrogen-bond donors (Lipinski definition) is 1. The Balaban J connectivity index is 1.77. The third-order valence-corrected chi connectivity index (χ3v) is 4.67. The molecule has 2 saturated heterocycles. The molecule has 1 N–H and O–H groups in total. The molecule has 2 rings (SSSR count). The largest absolute Gasteiger partial charge is 0.310 e. The molecular formula is C15H30N2. The Kier molecular flexibility index (Phi) is 5.30. The molecule has 0 aliphatic carbocycles. The van der Waals surface area contributed by atoms with E-state index in [9.17, 15) is 0 Å². The maximum Gasteiger partial charge on any atom is 0.0198 e. The number of nitrogens with one attached hydrogen (secondary N) is 1. The average Bonchev–Trinajstić information content (AvgIpc) is 2.67. The van der Waals surface area contributed by atoms with E-state index in [4.69, 9.17) is 0 Å². The van der Waals surface area contributed by atoms with E-state index in [0.29, 0.717) is 0 Å². The predicted octanol–water partition coefficient (Wildman–Crippen LogP) is 3.03. The molecule has 0 spiro atoms. The van der Waals surface area contributed by atoms with Crippen molar-refractivity contribution in [3.05, 3.63) is 0 Å². The van der Waals surface area contributed by atoms with Gasteiger partial charge in [-0.3, -0.25) is 0 Å². The maximum atomic E-state index is 3.78. The number of fused-ring (bicyclic) bond motifs is 2. The standard InChI is InChI=1S/C15H30N2/c1-3-5-6-13(4-2)11-17-10-9-14-7-8-15(12-17)16-14/h13-16H,3-12H2,1-2H3. The van der Waals surface area contributed by atoms with Crippen LogP contribution in [0.2, 0.25) is 0 Å². The molecule has 3 unspecified atom stereocenters. The Hall–Kier alpha value is -0.0800. The lowest BCUT2D eigenvalue weighted by molar-refractivity contribution is 0.209. The molecule has 0 aromatic heterocycles. The Morgan fingerprint density at radius 1 is 1.18 bits per heavy atom. The first-order valence-corrected chi connectivity index (χ1v) is 7.80. The van der Waals surface area contributed by atoms with E-state index < -0.39 is 0 Å². The predicted molar refractivity (Wildman–Crippen MR) is 74.3 cm³/mol. The van der Waals surface area contributed by atoms with Crippen LogP contribution in [0, 0.1) is 5.92 Å². The van der Waals surface area contributed by atoms with Crippen molar-refractivity contribution in [2.24, 2.45) is 5.92 Å². The molecule has 100 valence electrons. The topological polar surface area (TPSA) is 15.3 Å². The Bertz CT molecular complexity index is 217. The molecule has 2 heterocycles. The van der Waals surface area contributed by atoms with Gasteiger partial charge in [-0.2, -0.15) is 0 Å².